The van der Waals surface area contributed by atoms with Crippen molar-refractivity contribution < 1.29 is 13.2 Å². The van der Waals surface area contributed by atoms with Gasteiger partial charge in [-0.3, -0.25) is 0 Å². The fraction of sp³-hybridized carbons (Fsp3) is 0.600. The van der Waals surface area contributed by atoms with Crippen LogP contribution in [-0.4, -0.2) is 50.8 Å². The Morgan fingerprint density at radius 1 is 1.43 bits per heavy atom. The molecule has 1 heterocycles. The van der Waals surface area contributed by atoms with Crippen LogP contribution in [0.4, 0.5) is 0 Å². The Morgan fingerprint density at radius 3 is 2.83 bits per heavy atom. The largest absolute Gasteiger partial charge is 0.378 e. The maximum atomic E-state index is 12.6. The molecule has 132 valence electrons. The Balaban J connectivity index is 0.00000264. The molecule has 1 N–H and O–H groups in total. The highest BCUT2D eigenvalue weighted by molar-refractivity contribution is 7.89. The van der Waals surface area contributed by atoms with Crippen molar-refractivity contribution in [2.45, 2.75) is 26.0 Å². The lowest BCUT2D eigenvalue weighted by Gasteiger charge is -2.35. The number of hydrogen-bond donors (Lipinski definition) is 1. The molecule has 1 aromatic carbocycles. The van der Waals surface area contributed by atoms with Crippen LogP contribution in [0.15, 0.2) is 24.3 Å². The summed E-state index contributed by atoms with van der Waals surface area (Å²) in [5.41, 5.74) is 0.910. The van der Waals surface area contributed by atoms with Gasteiger partial charge in [-0.05, 0) is 31.5 Å². The van der Waals surface area contributed by atoms with Gasteiger partial charge in [-0.25, -0.2) is 8.42 Å². The lowest BCUT2D eigenvalue weighted by Crippen LogP contribution is -2.49. The van der Waals surface area contributed by atoms with Gasteiger partial charge in [0, 0.05) is 24.7 Å². The van der Waals surface area contributed by atoms with Gasteiger partial charge >= 0.3 is 0 Å². The maximum Gasteiger partial charge on any atom is 0.217 e. The molecule has 1 fully saturated rings. The van der Waals surface area contributed by atoms with Gasteiger partial charge in [0.2, 0.25) is 10.0 Å². The number of hydrogen-bond acceptors (Lipinski definition) is 4. The third-order valence-electron chi connectivity index (χ3n) is 3.58. The lowest BCUT2D eigenvalue weighted by atomic mass is 10.1. The first-order valence-corrected chi connectivity index (χ1v) is 9.46. The van der Waals surface area contributed by atoms with Crippen molar-refractivity contribution in [2.75, 3.05) is 32.0 Å². The van der Waals surface area contributed by atoms with E-state index in [-0.39, 0.29) is 36.9 Å². The van der Waals surface area contributed by atoms with Crippen molar-refractivity contribution in [3.63, 3.8) is 0 Å². The molecule has 1 unspecified atom stereocenters. The quantitative estimate of drug-likeness (QED) is 0.820. The summed E-state index contributed by atoms with van der Waals surface area (Å²) < 4.78 is 32.2. The van der Waals surface area contributed by atoms with Crippen LogP contribution < -0.4 is 5.32 Å². The monoisotopic (exact) mass is 382 g/mol. The van der Waals surface area contributed by atoms with Gasteiger partial charge in [0.1, 0.15) is 0 Å². The van der Waals surface area contributed by atoms with E-state index < -0.39 is 10.0 Å². The minimum Gasteiger partial charge on any atom is -0.378 e. The highest BCUT2D eigenvalue weighted by atomic mass is 35.5. The second-order valence-electron chi connectivity index (χ2n) is 5.62. The average Bonchev–Trinajstić information content (AvgIpc) is 2.46. The van der Waals surface area contributed by atoms with E-state index in [1.165, 1.54) is 0 Å². The van der Waals surface area contributed by atoms with E-state index in [4.69, 9.17) is 16.3 Å². The van der Waals surface area contributed by atoms with Crippen molar-refractivity contribution in [1.82, 2.24) is 9.62 Å². The standard InChI is InChI=1S/C15H23ClN2O3S.ClH/c1-12(2)21-8-9-22(19,20)18-7-6-17-11-15(18)13-4-3-5-14(16)10-13;/h3-5,10,12,15,17H,6-9,11H2,1-2H3;1H. The number of halogens is 2. The minimum atomic E-state index is -3.36. The Labute approximate surface area is 149 Å². The van der Waals surface area contributed by atoms with Crippen LogP contribution in [-0.2, 0) is 14.8 Å². The van der Waals surface area contributed by atoms with E-state index in [1.807, 2.05) is 32.0 Å². The predicted molar refractivity (Wildman–Crippen MR) is 95.9 cm³/mol. The number of piperazine rings is 1. The van der Waals surface area contributed by atoms with E-state index in [0.717, 1.165) is 5.56 Å². The molecular weight excluding hydrogens is 359 g/mol. The van der Waals surface area contributed by atoms with E-state index >= 15 is 0 Å². The molecular formula is C15H24Cl2N2O3S. The molecule has 0 amide bonds. The molecule has 1 aliphatic heterocycles. The van der Waals surface area contributed by atoms with Crippen LogP contribution in [0.25, 0.3) is 0 Å². The zero-order chi connectivity index (χ0) is 16.2. The zero-order valence-corrected chi connectivity index (χ0v) is 15.8. The lowest BCUT2D eigenvalue weighted by molar-refractivity contribution is 0.0903. The van der Waals surface area contributed by atoms with Gasteiger partial charge in [0.25, 0.3) is 0 Å². The van der Waals surface area contributed by atoms with Gasteiger partial charge in [-0.1, -0.05) is 23.7 Å². The number of ether oxygens (including phenoxy) is 1. The van der Waals surface area contributed by atoms with Crippen molar-refractivity contribution in [3.05, 3.63) is 34.9 Å². The van der Waals surface area contributed by atoms with Crippen LogP contribution in [0.2, 0.25) is 5.02 Å². The number of nitrogens with one attached hydrogen (secondary N) is 1. The highest BCUT2D eigenvalue weighted by Gasteiger charge is 2.33. The number of rotatable bonds is 6. The van der Waals surface area contributed by atoms with Crippen molar-refractivity contribution in [1.29, 1.82) is 0 Å². The fourth-order valence-electron chi connectivity index (χ4n) is 2.52. The average molecular weight is 383 g/mol. The summed E-state index contributed by atoms with van der Waals surface area (Å²) in [6.45, 7) is 5.71. The fourth-order valence-corrected chi connectivity index (χ4v) is 4.22. The minimum absolute atomic E-state index is 0. The third kappa shape index (κ3) is 5.89. The molecule has 5 nitrogen and oxygen atoms in total. The molecule has 1 atom stereocenters. The summed E-state index contributed by atoms with van der Waals surface area (Å²) in [4.78, 5) is 0. The van der Waals surface area contributed by atoms with Crippen molar-refractivity contribution >= 4 is 34.0 Å². The zero-order valence-electron chi connectivity index (χ0n) is 13.4. The van der Waals surface area contributed by atoms with Crippen LogP contribution in [0, 0.1) is 0 Å². The molecule has 0 spiro atoms. The number of sulfonamides is 1. The van der Waals surface area contributed by atoms with Crippen LogP contribution >= 0.6 is 24.0 Å². The van der Waals surface area contributed by atoms with Crippen molar-refractivity contribution in [2.24, 2.45) is 0 Å². The van der Waals surface area contributed by atoms with Gasteiger partial charge < -0.3 is 10.1 Å². The molecule has 1 saturated heterocycles. The van der Waals surface area contributed by atoms with E-state index in [0.29, 0.717) is 24.7 Å². The van der Waals surface area contributed by atoms with E-state index in [9.17, 15) is 8.42 Å². The number of benzene rings is 1. The Kier molecular flexibility index (Phi) is 8.27. The summed E-state index contributed by atoms with van der Waals surface area (Å²) in [6.07, 6.45) is 0.0296. The van der Waals surface area contributed by atoms with Crippen LogP contribution in [0.1, 0.15) is 25.5 Å². The first-order chi connectivity index (χ1) is 10.4. The summed E-state index contributed by atoms with van der Waals surface area (Å²) in [6, 6.07) is 7.15. The molecule has 23 heavy (non-hydrogen) atoms. The molecule has 1 aliphatic rings. The van der Waals surface area contributed by atoms with Gasteiger partial charge in [0.05, 0.1) is 24.5 Å². The normalized spacial score (nSPS) is 19.6. The first kappa shape index (κ1) is 20.7. The van der Waals surface area contributed by atoms with E-state index in [1.54, 1.807) is 10.4 Å². The van der Waals surface area contributed by atoms with Crippen molar-refractivity contribution in [3.8, 4) is 0 Å². The Morgan fingerprint density at radius 2 is 2.17 bits per heavy atom. The summed E-state index contributed by atoms with van der Waals surface area (Å²) in [5, 5.41) is 3.86. The van der Waals surface area contributed by atoms with Gasteiger partial charge in [-0.15, -0.1) is 12.4 Å². The molecule has 0 saturated carbocycles. The second kappa shape index (κ2) is 9.20. The molecule has 8 heteroatoms. The van der Waals surface area contributed by atoms with Crippen LogP contribution in [0.3, 0.4) is 0 Å². The molecule has 0 aliphatic carbocycles. The Bertz CT molecular complexity index is 596. The topological polar surface area (TPSA) is 58.6 Å². The van der Waals surface area contributed by atoms with E-state index in [2.05, 4.69) is 5.32 Å². The summed E-state index contributed by atoms with van der Waals surface area (Å²) in [7, 11) is -3.36. The molecule has 0 radical (unpaired) electrons. The maximum absolute atomic E-state index is 12.6. The smallest absolute Gasteiger partial charge is 0.217 e. The molecule has 0 aromatic heterocycles. The molecule has 1 aromatic rings. The van der Waals surface area contributed by atoms with Crippen LogP contribution in [0.5, 0.6) is 0 Å². The second-order valence-corrected chi connectivity index (χ2v) is 8.10. The highest BCUT2D eigenvalue weighted by Crippen LogP contribution is 2.27. The SMILES string of the molecule is CC(C)OCCS(=O)(=O)N1CCNCC1c1cccc(Cl)c1.Cl. The number of nitrogens with zero attached hydrogens (tertiary/aromatic N) is 1. The molecule has 2 rings (SSSR count). The summed E-state index contributed by atoms with van der Waals surface area (Å²) >= 11 is 6.04. The Hall–Kier alpha value is -0.370. The molecule has 0 bridgehead atoms. The third-order valence-corrected chi connectivity index (χ3v) is 5.65. The first-order valence-electron chi connectivity index (χ1n) is 7.47. The van der Waals surface area contributed by atoms with Gasteiger partial charge in [-0.2, -0.15) is 4.31 Å². The summed E-state index contributed by atoms with van der Waals surface area (Å²) in [5.74, 6) is 0.00223. The van der Waals surface area contributed by atoms with Gasteiger partial charge in [0.15, 0.2) is 0 Å². The predicted octanol–water partition coefficient (Wildman–Crippen LogP) is 2.46.